The number of nitrogens with two attached hydrogens (primary N) is 1. The van der Waals surface area contributed by atoms with Gasteiger partial charge in [-0.2, -0.15) is 0 Å². The molecule has 102 valence electrons. The largest absolute Gasteiger partial charge is 0.480 e. The maximum atomic E-state index is 12.3. The number of aliphatic hydroxyl groups is 1. The lowest BCUT2D eigenvalue weighted by atomic mass is 10.1. The van der Waals surface area contributed by atoms with E-state index in [-0.39, 0.29) is 13.0 Å². The fourth-order valence-corrected chi connectivity index (χ4v) is 2.68. The molecular formula is C12H13BrN2O4. The number of likely N-dealkylation sites (tertiary alicyclic amines) is 1. The summed E-state index contributed by atoms with van der Waals surface area (Å²) in [6.45, 7) is 0.0161. The fourth-order valence-electron chi connectivity index (χ4n) is 2.17. The highest BCUT2D eigenvalue weighted by Crippen LogP contribution is 2.24. The lowest BCUT2D eigenvalue weighted by molar-refractivity contribution is -0.141. The summed E-state index contributed by atoms with van der Waals surface area (Å²) in [6.07, 6.45) is -0.764. The quantitative estimate of drug-likeness (QED) is 0.693. The molecular weight excluding hydrogens is 316 g/mol. The summed E-state index contributed by atoms with van der Waals surface area (Å²) in [6, 6.07) is 3.70. The molecule has 0 radical (unpaired) electrons. The summed E-state index contributed by atoms with van der Waals surface area (Å²) in [7, 11) is 0. The molecule has 0 aromatic heterocycles. The Kier molecular flexibility index (Phi) is 3.77. The number of β-amino-alcohol motifs (C(OH)–C–C–N with tert-alkyl or cyclic N) is 1. The summed E-state index contributed by atoms with van der Waals surface area (Å²) in [5.74, 6) is -1.56. The summed E-state index contributed by atoms with van der Waals surface area (Å²) >= 11 is 3.23. The van der Waals surface area contributed by atoms with Crippen molar-refractivity contribution in [3.63, 3.8) is 0 Å². The maximum Gasteiger partial charge on any atom is 0.326 e. The first-order valence-corrected chi connectivity index (χ1v) is 6.45. The number of carbonyl (C=O) groups is 2. The van der Waals surface area contributed by atoms with Crippen LogP contribution in [-0.2, 0) is 4.79 Å². The van der Waals surface area contributed by atoms with Crippen LogP contribution < -0.4 is 5.73 Å². The van der Waals surface area contributed by atoms with Crippen LogP contribution in [0.15, 0.2) is 22.7 Å². The zero-order valence-electron chi connectivity index (χ0n) is 9.91. The number of aliphatic hydroxyl groups excluding tert-OH is 1. The van der Waals surface area contributed by atoms with Gasteiger partial charge in [0.1, 0.15) is 6.04 Å². The van der Waals surface area contributed by atoms with E-state index in [4.69, 9.17) is 10.8 Å². The second-order valence-corrected chi connectivity index (χ2v) is 5.39. The minimum Gasteiger partial charge on any atom is -0.480 e. The molecule has 2 atom stereocenters. The van der Waals surface area contributed by atoms with E-state index in [0.717, 1.165) is 4.90 Å². The molecule has 7 heteroatoms. The molecule has 0 spiro atoms. The Balaban J connectivity index is 2.30. The van der Waals surface area contributed by atoms with Gasteiger partial charge < -0.3 is 20.8 Å². The topological polar surface area (TPSA) is 104 Å². The number of carboxylic acid groups (broad SMARTS) is 1. The van der Waals surface area contributed by atoms with E-state index in [0.29, 0.717) is 15.7 Å². The van der Waals surface area contributed by atoms with Crippen molar-refractivity contribution in [1.29, 1.82) is 0 Å². The summed E-state index contributed by atoms with van der Waals surface area (Å²) in [5, 5.41) is 18.6. The highest BCUT2D eigenvalue weighted by Gasteiger charge is 2.39. The third-order valence-corrected chi connectivity index (χ3v) is 3.45. The van der Waals surface area contributed by atoms with E-state index in [2.05, 4.69) is 15.9 Å². The highest BCUT2D eigenvalue weighted by atomic mass is 79.9. The second-order valence-electron chi connectivity index (χ2n) is 4.47. The van der Waals surface area contributed by atoms with Crippen LogP contribution in [0.25, 0.3) is 0 Å². The van der Waals surface area contributed by atoms with Crippen molar-refractivity contribution in [3.8, 4) is 0 Å². The van der Waals surface area contributed by atoms with Crippen LogP contribution in [0.2, 0.25) is 0 Å². The first-order chi connectivity index (χ1) is 8.88. The monoisotopic (exact) mass is 328 g/mol. The van der Waals surface area contributed by atoms with E-state index < -0.39 is 24.0 Å². The average molecular weight is 329 g/mol. The molecule has 1 aromatic rings. The van der Waals surface area contributed by atoms with Gasteiger partial charge in [-0.3, -0.25) is 4.79 Å². The van der Waals surface area contributed by atoms with Gasteiger partial charge in [-0.1, -0.05) is 15.9 Å². The molecule has 1 amide bonds. The first kappa shape index (κ1) is 13.8. The number of anilines is 1. The smallest absolute Gasteiger partial charge is 0.326 e. The predicted molar refractivity (Wildman–Crippen MR) is 71.6 cm³/mol. The number of carboxylic acids is 1. The minimum absolute atomic E-state index is 0.0161. The van der Waals surface area contributed by atoms with Gasteiger partial charge in [0, 0.05) is 28.7 Å². The molecule has 1 aromatic carbocycles. The third kappa shape index (κ3) is 2.87. The average Bonchev–Trinajstić information content (AvgIpc) is 2.69. The molecule has 1 fully saturated rings. The Morgan fingerprint density at radius 1 is 1.37 bits per heavy atom. The van der Waals surface area contributed by atoms with Crippen LogP contribution in [0.4, 0.5) is 5.69 Å². The molecule has 1 saturated heterocycles. The molecule has 0 unspecified atom stereocenters. The lowest BCUT2D eigenvalue weighted by Crippen LogP contribution is -2.40. The lowest BCUT2D eigenvalue weighted by Gasteiger charge is -2.21. The number of rotatable bonds is 2. The molecule has 1 aliphatic heterocycles. The van der Waals surface area contributed by atoms with E-state index >= 15 is 0 Å². The van der Waals surface area contributed by atoms with Crippen LogP contribution in [-0.4, -0.2) is 45.7 Å². The number of hydrogen-bond donors (Lipinski definition) is 3. The normalized spacial score (nSPS) is 22.5. The van der Waals surface area contributed by atoms with Gasteiger partial charge in [0.15, 0.2) is 0 Å². The van der Waals surface area contributed by atoms with E-state index in [1.165, 1.54) is 6.07 Å². The maximum absolute atomic E-state index is 12.3. The Labute approximate surface area is 117 Å². The first-order valence-electron chi connectivity index (χ1n) is 5.66. The van der Waals surface area contributed by atoms with Gasteiger partial charge in [0.2, 0.25) is 0 Å². The van der Waals surface area contributed by atoms with E-state index in [1.54, 1.807) is 12.1 Å². The molecule has 2 rings (SSSR count). The molecule has 0 saturated carbocycles. The van der Waals surface area contributed by atoms with Gasteiger partial charge in [-0.05, 0) is 18.2 Å². The Bertz CT molecular complexity index is 514. The number of benzene rings is 1. The van der Waals surface area contributed by atoms with Gasteiger partial charge in [-0.15, -0.1) is 0 Å². The van der Waals surface area contributed by atoms with Crippen LogP contribution >= 0.6 is 15.9 Å². The Hall–Kier alpha value is -1.60. The standard InChI is InChI=1S/C12H13BrN2O4/c13-7-1-6(2-8(14)3-7)11(17)15-5-9(16)4-10(15)12(18)19/h1-3,9-10,16H,4-5,14H2,(H,18,19)/t9-,10-/m1/s1. The minimum atomic E-state index is -1.12. The highest BCUT2D eigenvalue weighted by molar-refractivity contribution is 9.10. The summed E-state index contributed by atoms with van der Waals surface area (Å²) in [5.41, 5.74) is 6.36. The Morgan fingerprint density at radius 3 is 2.63 bits per heavy atom. The van der Waals surface area contributed by atoms with Crippen molar-refractivity contribution < 1.29 is 19.8 Å². The number of nitrogens with zero attached hydrogens (tertiary/aromatic N) is 1. The summed E-state index contributed by atoms with van der Waals surface area (Å²) < 4.78 is 0.641. The molecule has 0 bridgehead atoms. The zero-order chi connectivity index (χ0) is 14.2. The Morgan fingerprint density at radius 2 is 2.05 bits per heavy atom. The van der Waals surface area contributed by atoms with Crippen molar-refractivity contribution in [2.24, 2.45) is 0 Å². The second kappa shape index (κ2) is 5.18. The van der Waals surface area contributed by atoms with Crippen molar-refractivity contribution in [2.75, 3.05) is 12.3 Å². The van der Waals surface area contributed by atoms with Gasteiger partial charge in [0.25, 0.3) is 5.91 Å². The summed E-state index contributed by atoms with van der Waals surface area (Å²) in [4.78, 5) is 24.5. The van der Waals surface area contributed by atoms with Crippen molar-refractivity contribution in [3.05, 3.63) is 28.2 Å². The number of hydrogen-bond acceptors (Lipinski definition) is 4. The van der Waals surface area contributed by atoms with Gasteiger partial charge in [-0.25, -0.2) is 4.79 Å². The number of nitrogen functional groups attached to an aromatic ring is 1. The molecule has 19 heavy (non-hydrogen) atoms. The van der Waals surface area contributed by atoms with Gasteiger partial charge >= 0.3 is 5.97 Å². The van der Waals surface area contributed by atoms with Crippen LogP contribution in [0.5, 0.6) is 0 Å². The molecule has 4 N–H and O–H groups in total. The number of halogens is 1. The van der Waals surface area contributed by atoms with E-state index in [1.807, 2.05) is 0 Å². The molecule has 1 heterocycles. The van der Waals surface area contributed by atoms with Crippen LogP contribution in [0.3, 0.4) is 0 Å². The van der Waals surface area contributed by atoms with Gasteiger partial charge in [0.05, 0.1) is 6.10 Å². The number of aliphatic carboxylic acids is 1. The fraction of sp³-hybridized carbons (Fsp3) is 0.333. The molecule has 1 aliphatic rings. The zero-order valence-corrected chi connectivity index (χ0v) is 11.5. The van der Waals surface area contributed by atoms with E-state index in [9.17, 15) is 14.7 Å². The van der Waals surface area contributed by atoms with Crippen molar-refractivity contribution in [1.82, 2.24) is 4.90 Å². The molecule has 0 aliphatic carbocycles. The number of amides is 1. The van der Waals surface area contributed by atoms with Crippen LogP contribution in [0, 0.1) is 0 Å². The molecule has 6 nitrogen and oxygen atoms in total. The third-order valence-electron chi connectivity index (χ3n) is 2.99. The predicted octanol–water partition coefficient (Wildman–Crippen LogP) is 0.691. The SMILES string of the molecule is Nc1cc(Br)cc(C(=O)N2C[C@H](O)C[C@@H]2C(=O)O)c1. The number of carbonyl (C=O) groups excluding carboxylic acids is 1. The van der Waals surface area contributed by atoms with Crippen molar-refractivity contribution in [2.45, 2.75) is 18.6 Å². The van der Waals surface area contributed by atoms with Crippen molar-refractivity contribution >= 4 is 33.5 Å². The van der Waals surface area contributed by atoms with Crippen LogP contribution in [0.1, 0.15) is 16.8 Å².